The summed E-state index contributed by atoms with van der Waals surface area (Å²) in [6, 6.07) is 8.43. The van der Waals surface area contributed by atoms with E-state index in [0.717, 1.165) is 24.4 Å². The molecule has 0 heterocycles. The molecule has 0 bridgehead atoms. The van der Waals surface area contributed by atoms with Crippen LogP contribution in [0.3, 0.4) is 0 Å². The number of anilines is 1. The first-order chi connectivity index (χ1) is 8.26. The first-order valence-electron chi connectivity index (χ1n) is 5.95. The third-order valence-corrected chi connectivity index (χ3v) is 2.93. The summed E-state index contributed by atoms with van der Waals surface area (Å²) < 4.78 is 0. The summed E-state index contributed by atoms with van der Waals surface area (Å²) in [4.78, 5) is 6.59. The number of hydrogen-bond donors (Lipinski definition) is 1. The summed E-state index contributed by atoms with van der Waals surface area (Å²) in [7, 11) is 0. The fourth-order valence-corrected chi connectivity index (χ4v) is 1.97. The highest BCUT2D eigenvalue weighted by atomic mass is 32.1. The third kappa shape index (κ3) is 3.63. The molecule has 0 saturated carbocycles. The van der Waals surface area contributed by atoms with Crippen molar-refractivity contribution in [1.82, 2.24) is 0 Å². The second-order valence-electron chi connectivity index (χ2n) is 3.62. The lowest BCUT2D eigenvalue weighted by Crippen LogP contribution is -2.21. The highest BCUT2D eigenvalue weighted by Gasteiger charge is 2.03. The van der Waals surface area contributed by atoms with E-state index in [2.05, 4.69) is 60.6 Å². The summed E-state index contributed by atoms with van der Waals surface area (Å²) in [6.45, 7) is 8.29. The zero-order chi connectivity index (χ0) is 12.7. The van der Waals surface area contributed by atoms with Gasteiger partial charge < -0.3 is 4.90 Å². The van der Waals surface area contributed by atoms with Crippen molar-refractivity contribution in [2.45, 2.75) is 20.8 Å². The molecule has 0 saturated heterocycles. The Balaban J connectivity index is 2.94. The Morgan fingerprint density at radius 2 is 1.82 bits per heavy atom. The maximum atomic E-state index is 4.27. The summed E-state index contributed by atoms with van der Waals surface area (Å²) in [5.41, 5.74) is 3.23. The first-order valence-corrected chi connectivity index (χ1v) is 6.46. The van der Waals surface area contributed by atoms with Crippen molar-refractivity contribution in [2.24, 2.45) is 4.99 Å². The molecule has 17 heavy (non-hydrogen) atoms. The molecule has 1 rings (SSSR count). The summed E-state index contributed by atoms with van der Waals surface area (Å²) in [5.74, 6) is 0. The Labute approximate surface area is 109 Å². The van der Waals surface area contributed by atoms with Crippen molar-refractivity contribution in [3.8, 4) is 0 Å². The van der Waals surface area contributed by atoms with E-state index < -0.39 is 0 Å². The molecule has 92 valence electrons. The summed E-state index contributed by atoms with van der Waals surface area (Å²) in [6.07, 6.45) is 1.78. The number of rotatable bonds is 5. The van der Waals surface area contributed by atoms with Gasteiger partial charge in [0.25, 0.3) is 0 Å². The molecule has 0 aliphatic carbocycles. The first kappa shape index (κ1) is 13.8. The van der Waals surface area contributed by atoms with Gasteiger partial charge in [-0.05, 0) is 38.3 Å². The van der Waals surface area contributed by atoms with E-state index in [1.165, 1.54) is 5.69 Å². The predicted molar refractivity (Wildman–Crippen MR) is 81.1 cm³/mol. The van der Waals surface area contributed by atoms with Gasteiger partial charge in [-0.15, -0.1) is 12.6 Å². The minimum Gasteiger partial charge on any atom is -0.372 e. The Bertz CT molecular complexity index is 389. The van der Waals surface area contributed by atoms with Crippen LogP contribution in [0.5, 0.6) is 0 Å². The zero-order valence-electron chi connectivity index (χ0n) is 10.7. The van der Waals surface area contributed by atoms with Crippen LogP contribution in [0.15, 0.2) is 34.7 Å². The third-order valence-electron chi connectivity index (χ3n) is 2.68. The van der Waals surface area contributed by atoms with Crippen molar-refractivity contribution in [3.63, 3.8) is 0 Å². The minimum absolute atomic E-state index is 0.891. The van der Waals surface area contributed by atoms with Crippen molar-refractivity contribution < 1.29 is 0 Å². The van der Waals surface area contributed by atoms with Gasteiger partial charge in [0.2, 0.25) is 0 Å². The molecular weight excluding hydrogens is 228 g/mol. The fourth-order valence-electron chi connectivity index (χ4n) is 1.75. The highest BCUT2D eigenvalue weighted by molar-refractivity contribution is 7.83. The van der Waals surface area contributed by atoms with E-state index in [1.54, 1.807) is 11.6 Å². The predicted octanol–water partition coefficient (Wildman–Crippen LogP) is 3.85. The normalized spacial score (nSPS) is 12.1. The molecule has 0 fully saturated rings. The van der Waals surface area contributed by atoms with Crippen LogP contribution in [0.1, 0.15) is 26.3 Å². The molecule has 0 aliphatic heterocycles. The minimum atomic E-state index is 0.891. The molecule has 0 spiro atoms. The van der Waals surface area contributed by atoms with Crippen molar-refractivity contribution in [1.29, 1.82) is 0 Å². The van der Waals surface area contributed by atoms with Crippen molar-refractivity contribution in [2.75, 3.05) is 18.0 Å². The Morgan fingerprint density at radius 3 is 2.24 bits per heavy atom. The van der Waals surface area contributed by atoms with E-state index in [-0.39, 0.29) is 0 Å². The molecule has 0 amide bonds. The average molecular weight is 248 g/mol. The van der Waals surface area contributed by atoms with Gasteiger partial charge in [-0.2, -0.15) is 0 Å². The van der Waals surface area contributed by atoms with Gasteiger partial charge in [-0.25, -0.2) is 0 Å². The number of thiol groups is 1. The summed E-state index contributed by atoms with van der Waals surface area (Å²) >= 11 is 4.18. The fraction of sp³-hybridized carbons (Fsp3) is 0.357. The van der Waals surface area contributed by atoms with Gasteiger partial charge >= 0.3 is 0 Å². The lowest BCUT2D eigenvalue weighted by atomic mass is 10.1. The largest absolute Gasteiger partial charge is 0.372 e. The molecule has 0 N–H and O–H groups in total. The second-order valence-corrected chi connectivity index (χ2v) is 3.88. The number of aliphatic imine (C=N–C) groups is 1. The molecule has 1 aromatic rings. The van der Waals surface area contributed by atoms with E-state index in [9.17, 15) is 0 Å². The molecule has 2 nitrogen and oxygen atoms in total. The smallest absolute Gasteiger partial charge is 0.0758 e. The van der Waals surface area contributed by atoms with Crippen LogP contribution >= 0.6 is 12.6 Å². The highest BCUT2D eigenvalue weighted by Crippen LogP contribution is 2.21. The monoisotopic (exact) mass is 248 g/mol. The van der Waals surface area contributed by atoms with Crippen molar-refractivity contribution >= 4 is 30.2 Å². The van der Waals surface area contributed by atoms with Gasteiger partial charge in [0, 0.05) is 30.6 Å². The SMILES string of the molecule is CC=N/C(=C\S)c1ccc(N(CC)CC)cc1. The lowest BCUT2D eigenvalue weighted by Gasteiger charge is -2.21. The topological polar surface area (TPSA) is 15.6 Å². The molecule has 0 unspecified atom stereocenters. The summed E-state index contributed by atoms with van der Waals surface area (Å²) in [5, 5.41) is 1.73. The van der Waals surface area contributed by atoms with E-state index in [4.69, 9.17) is 0 Å². The quantitative estimate of drug-likeness (QED) is 0.618. The van der Waals surface area contributed by atoms with Gasteiger partial charge in [-0.1, -0.05) is 12.1 Å². The number of hydrogen-bond acceptors (Lipinski definition) is 3. The van der Waals surface area contributed by atoms with Crippen LogP contribution in [0, 0.1) is 0 Å². The van der Waals surface area contributed by atoms with Gasteiger partial charge in [0.1, 0.15) is 0 Å². The van der Waals surface area contributed by atoms with E-state index in [0.29, 0.717) is 0 Å². The zero-order valence-corrected chi connectivity index (χ0v) is 11.6. The number of benzene rings is 1. The molecule has 0 radical (unpaired) electrons. The van der Waals surface area contributed by atoms with Crippen molar-refractivity contribution in [3.05, 3.63) is 35.2 Å². The number of nitrogens with zero attached hydrogens (tertiary/aromatic N) is 2. The van der Waals surface area contributed by atoms with E-state index in [1.807, 2.05) is 6.92 Å². The van der Waals surface area contributed by atoms with Gasteiger partial charge in [-0.3, -0.25) is 4.99 Å². The van der Waals surface area contributed by atoms with E-state index >= 15 is 0 Å². The lowest BCUT2D eigenvalue weighted by molar-refractivity contribution is 0.866. The average Bonchev–Trinajstić information content (AvgIpc) is 2.38. The Hall–Kier alpha value is -1.22. The van der Waals surface area contributed by atoms with Gasteiger partial charge in [0.15, 0.2) is 0 Å². The molecule has 0 aliphatic rings. The van der Waals surface area contributed by atoms with Crippen LogP contribution < -0.4 is 4.90 Å². The van der Waals surface area contributed by atoms with Crippen LogP contribution in [0.4, 0.5) is 5.69 Å². The molecule has 0 aromatic heterocycles. The Morgan fingerprint density at radius 1 is 1.24 bits per heavy atom. The van der Waals surface area contributed by atoms with Crippen LogP contribution in [-0.2, 0) is 0 Å². The van der Waals surface area contributed by atoms with Crippen LogP contribution in [0.25, 0.3) is 5.70 Å². The molecule has 0 atom stereocenters. The molecule has 3 heteroatoms. The van der Waals surface area contributed by atoms with Crippen LogP contribution in [-0.4, -0.2) is 19.3 Å². The second kappa shape index (κ2) is 7.17. The van der Waals surface area contributed by atoms with Crippen LogP contribution in [0.2, 0.25) is 0 Å². The maximum Gasteiger partial charge on any atom is 0.0758 e. The maximum absolute atomic E-state index is 4.27. The Kier molecular flexibility index (Phi) is 5.84. The molecular formula is C14H20N2S. The van der Waals surface area contributed by atoms with Gasteiger partial charge in [0.05, 0.1) is 5.70 Å². The molecule has 1 aromatic carbocycles. The standard InChI is InChI=1S/C14H20N2S/c1-4-15-14(11-17)12-7-9-13(10-8-12)16(5-2)6-3/h4,7-11,17H,5-6H2,1-3H3/b14-11-,15-4?.